The van der Waals surface area contributed by atoms with Gasteiger partial charge in [-0.1, -0.05) is 43.3 Å². The number of unbranched alkanes of at least 4 members (excludes halogenated alkanes) is 2. The van der Waals surface area contributed by atoms with Crippen molar-refractivity contribution in [1.29, 1.82) is 0 Å². The average molecular weight is 495 g/mol. The molecule has 3 heterocycles. The van der Waals surface area contributed by atoms with Crippen LogP contribution in [-0.2, 0) is 15.6 Å². The number of carbonyl (C=O) groups is 2. The normalized spacial score (nSPS) is 14.0. The number of aromatic nitrogens is 2. The molecule has 0 atom stereocenters. The van der Waals surface area contributed by atoms with Crippen LogP contribution >= 0.6 is 22.2 Å². The molecule has 1 aliphatic rings. The fourth-order valence-corrected chi connectivity index (χ4v) is 6.90. The van der Waals surface area contributed by atoms with Crippen LogP contribution in [0.1, 0.15) is 48.7 Å². The molecule has 0 radical (unpaired) electrons. The first kappa shape index (κ1) is 24.1. The first-order valence-corrected chi connectivity index (χ1v) is 14.5. The van der Waals surface area contributed by atoms with E-state index in [1.807, 2.05) is 23.0 Å². The van der Waals surface area contributed by atoms with E-state index in [-0.39, 0.29) is 20.9 Å². The Hall–Kier alpha value is -2.50. The van der Waals surface area contributed by atoms with Crippen molar-refractivity contribution in [2.24, 2.45) is 0 Å². The Bertz CT molecular complexity index is 1140. The summed E-state index contributed by atoms with van der Waals surface area (Å²) in [5, 5.41) is 9.40. The summed E-state index contributed by atoms with van der Waals surface area (Å²) >= 11 is 0.917. The van der Waals surface area contributed by atoms with Crippen LogP contribution in [0.15, 0.2) is 45.5 Å². The van der Waals surface area contributed by atoms with Crippen molar-refractivity contribution in [3.8, 4) is 0 Å². The minimum atomic E-state index is -3.49. The van der Waals surface area contributed by atoms with Gasteiger partial charge in [0.1, 0.15) is 10.0 Å². The lowest BCUT2D eigenvalue weighted by atomic mass is 10.1. The summed E-state index contributed by atoms with van der Waals surface area (Å²) in [5.74, 6) is 0.565. The molecule has 0 fully saturated rings. The fourth-order valence-electron chi connectivity index (χ4n) is 3.07. The summed E-state index contributed by atoms with van der Waals surface area (Å²) in [5.41, 5.74) is 0.790. The summed E-state index contributed by atoms with van der Waals surface area (Å²) in [6.07, 6.45) is 9.61. The number of Topliss-reactive ketones (excluding diaryl/α,β-unsaturated/α-hetero) is 1. The summed E-state index contributed by atoms with van der Waals surface area (Å²) in [6, 6.07) is 2.64. The van der Waals surface area contributed by atoms with Crippen LogP contribution in [0.2, 0.25) is 0 Å². The largest absolute Gasteiger partial charge is 0.326 e. The summed E-state index contributed by atoms with van der Waals surface area (Å²) in [7, 11) is -4.10. The molecule has 172 valence electrons. The van der Waals surface area contributed by atoms with Crippen molar-refractivity contribution < 1.29 is 18.0 Å². The average Bonchev–Trinajstić information content (AvgIpc) is 3.38. The van der Waals surface area contributed by atoms with Gasteiger partial charge in [0, 0.05) is 24.6 Å². The van der Waals surface area contributed by atoms with Gasteiger partial charge in [-0.25, -0.2) is 34.1 Å². The molecule has 0 bridgehead atoms. The number of carbonyl (C=O) groups excluding carboxylic acids is 2. The van der Waals surface area contributed by atoms with Gasteiger partial charge in [0.05, 0.1) is 11.3 Å². The Kier molecular flexibility index (Phi) is 8.21. The molecule has 2 aromatic rings. The topological polar surface area (TPSA) is 118 Å². The summed E-state index contributed by atoms with van der Waals surface area (Å²) in [4.78, 5) is 33.5. The third-order valence-corrected chi connectivity index (χ3v) is 9.21. The molecule has 8 nitrogen and oxygen atoms in total. The van der Waals surface area contributed by atoms with Crippen molar-refractivity contribution in [1.82, 2.24) is 9.97 Å². The van der Waals surface area contributed by atoms with Crippen molar-refractivity contribution >= 4 is 54.8 Å². The predicted molar refractivity (Wildman–Crippen MR) is 132 cm³/mol. The van der Waals surface area contributed by atoms with Crippen molar-refractivity contribution in [3.05, 3.63) is 52.6 Å². The molecular formula is C21H26N4O4S3. The van der Waals surface area contributed by atoms with Crippen LogP contribution in [0, 0.1) is 0 Å². The molecule has 0 aromatic carbocycles. The second-order valence-corrected chi connectivity index (χ2v) is 12.4. The van der Waals surface area contributed by atoms with Gasteiger partial charge in [-0.3, -0.25) is 15.4 Å². The molecule has 2 N–H and O–H groups in total. The quantitative estimate of drug-likeness (QED) is 0.246. The number of hydrogen-bond donors (Lipinski definition) is 3. The number of urea groups is 1. The van der Waals surface area contributed by atoms with Crippen LogP contribution in [0.25, 0.3) is 0 Å². The number of ketones is 1. The van der Waals surface area contributed by atoms with Crippen molar-refractivity contribution in [2.75, 3.05) is 16.9 Å². The lowest BCUT2D eigenvalue weighted by Gasteiger charge is -2.09. The summed E-state index contributed by atoms with van der Waals surface area (Å²) < 4.78 is 24.6. The number of pyridine rings is 1. The smallest absolute Gasteiger partial charge is 0.294 e. The first-order chi connectivity index (χ1) is 15.3. The fraction of sp³-hybridized carbons (Fsp3) is 0.333. The van der Waals surface area contributed by atoms with Gasteiger partial charge in [-0.15, -0.1) is 0 Å². The Morgan fingerprint density at radius 2 is 1.91 bits per heavy atom. The number of sulfone groups is 1. The third kappa shape index (κ3) is 6.50. The van der Waals surface area contributed by atoms with Gasteiger partial charge < -0.3 is 0 Å². The minimum absolute atomic E-state index is 0.0854. The zero-order valence-electron chi connectivity index (χ0n) is 17.9. The van der Waals surface area contributed by atoms with E-state index in [0.29, 0.717) is 23.4 Å². The van der Waals surface area contributed by atoms with E-state index in [0.717, 1.165) is 36.9 Å². The van der Waals surface area contributed by atoms with Gasteiger partial charge in [-0.05, 0) is 29.4 Å². The molecule has 32 heavy (non-hydrogen) atoms. The highest BCUT2D eigenvalue weighted by atomic mass is 32.2. The lowest BCUT2D eigenvalue weighted by Crippen LogP contribution is -2.21. The number of hydrogen-bond acceptors (Lipinski definition) is 7. The Morgan fingerprint density at radius 1 is 1.16 bits per heavy atom. The molecule has 0 unspecified atom stereocenters. The first-order valence-electron chi connectivity index (χ1n) is 10.1. The highest BCUT2D eigenvalue weighted by Crippen LogP contribution is 2.40. The van der Waals surface area contributed by atoms with E-state index in [1.54, 1.807) is 12.1 Å². The molecule has 0 saturated heterocycles. The van der Waals surface area contributed by atoms with E-state index < -0.39 is 26.8 Å². The Morgan fingerprint density at radius 3 is 2.59 bits per heavy atom. The number of allylic oxidation sites excluding steroid dienone is 2. The second kappa shape index (κ2) is 10.9. The Labute approximate surface area is 194 Å². The van der Waals surface area contributed by atoms with Crippen LogP contribution in [0.4, 0.5) is 15.7 Å². The molecule has 2 aromatic heterocycles. The number of rotatable bonds is 10. The number of nitrogens with one attached hydrogen (secondary N) is 2. The molecule has 1 aliphatic heterocycles. The number of anilines is 2. The maximum Gasteiger partial charge on any atom is 0.326 e. The van der Waals surface area contributed by atoms with Crippen LogP contribution in [0.3, 0.4) is 0 Å². The van der Waals surface area contributed by atoms with E-state index in [1.165, 1.54) is 6.20 Å². The SMILES string of the molecule is CCCCCC(=O)c1cccnc1NC(=O)Nc1nc(C[SH]2C=CC=C2)c(S(C)(=O)=O)s1. The van der Waals surface area contributed by atoms with E-state index in [2.05, 4.69) is 27.5 Å². The molecule has 2 amide bonds. The zero-order valence-corrected chi connectivity index (χ0v) is 20.4. The van der Waals surface area contributed by atoms with E-state index in [9.17, 15) is 18.0 Å². The molecule has 0 spiro atoms. The van der Waals surface area contributed by atoms with Crippen LogP contribution in [0.5, 0.6) is 0 Å². The second-order valence-electron chi connectivity index (χ2n) is 7.24. The number of thiol groups is 1. The number of thiazole rings is 1. The van der Waals surface area contributed by atoms with Gasteiger partial charge in [0.2, 0.25) is 0 Å². The molecular weight excluding hydrogens is 468 g/mol. The maximum absolute atomic E-state index is 12.6. The van der Waals surface area contributed by atoms with Gasteiger partial charge in [-0.2, -0.15) is 0 Å². The highest BCUT2D eigenvalue weighted by molar-refractivity contribution is 8.21. The standard InChI is InChI=1S/C21H26N4O4S3/c1-3-4-5-10-17(26)15-9-8-11-22-18(15)24-20(27)25-21-23-16(14-31-12-6-7-13-31)19(30-21)32(2,28)29/h6-9,11-13,31H,3-5,10,14H2,1-2H3,(H2,22,23,24,25,27). The highest BCUT2D eigenvalue weighted by Gasteiger charge is 2.22. The van der Waals surface area contributed by atoms with Gasteiger partial charge >= 0.3 is 6.03 Å². The summed E-state index contributed by atoms with van der Waals surface area (Å²) in [6.45, 7) is 2.06. The predicted octanol–water partition coefficient (Wildman–Crippen LogP) is 4.89. The monoisotopic (exact) mass is 494 g/mol. The van der Waals surface area contributed by atoms with E-state index >= 15 is 0 Å². The van der Waals surface area contributed by atoms with Crippen LogP contribution < -0.4 is 10.6 Å². The van der Waals surface area contributed by atoms with Gasteiger partial charge in [0.25, 0.3) is 0 Å². The molecule has 3 rings (SSSR count). The molecule has 11 heteroatoms. The van der Waals surface area contributed by atoms with Crippen molar-refractivity contribution in [3.63, 3.8) is 0 Å². The van der Waals surface area contributed by atoms with E-state index in [4.69, 9.17) is 0 Å². The minimum Gasteiger partial charge on any atom is -0.294 e. The zero-order chi connectivity index (χ0) is 23.1. The van der Waals surface area contributed by atoms with Crippen molar-refractivity contribution in [2.45, 2.75) is 42.6 Å². The lowest BCUT2D eigenvalue weighted by molar-refractivity contribution is 0.0980. The Balaban J connectivity index is 1.73. The third-order valence-electron chi connectivity index (χ3n) is 4.56. The van der Waals surface area contributed by atoms with Gasteiger partial charge in [0.15, 0.2) is 20.8 Å². The number of amides is 2. The van der Waals surface area contributed by atoms with Crippen LogP contribution in [-0.4, -0.2) is 36.5 Å². The number of nitrogens with zero attached hydrogens (tertiary/aromatic N) is 2. The molecule has 0 saturated carbocycles. The maximum atomic E-state index is 12.6. The molecule has 0 aliphatic carbocycles.